The molecule has 2 aliphatic carbocycles. The quantitative estimate of drug-likeness (QED) is 0.776. The molecule has 2 saturated carbocycles. The molecule has 0 heterocycles. The Hall–Kier alpha value is -2.62. The molecule has 0 aliphatic heterocycles. The summed E-state index contributed by atoms with van der Waals surface area (Å²) < 4.78 is 10.4. The summed E-state index contributed by atoms with van der Waals surface area (Å²) in [4.78, 5) is 26.0. The van der Waals surface area contributed by atoms with E-state index >= 15 is 0 Å². The molecule has 0 aromatic heterocycles. The molecule has 0 unspecified atom stereocenters. The van der Waals surface area contributed by atoms with Gasteiger partial charge in [-0.1, -0.05) is 74.5 Å². The Morgan fingerprint density at radius 3 is 1.93 bits per heavy atom. The Morgan fingerprint density at radius 2 is 1.41 bits per heavy atom. The number of carbonyl (C=O) groups excluding carboxylic acids is 2. The van der Waals surface area contributed by atoms with Gasteiger partial charge in [-0.05, 0) is 16.5 Å². The zero-order valence-electron chi connectivity index (χ0n) is 16.1. The summed E-state index contributed by atoms with van der Waals surface area (Å²) in [6.07, 6.45) is 0. The number of fused-ring (bicyclic) bond motifs is 1. The highest BCUT2D eigenvalue weighted by molar-refractivity contribution is 5.99. The normalized spacial score (nSPS) is 32.6. The van der Waals surface area contributed by atoms with Gasteiger partial charge in [0.1, 0.15) is 0 Å². The van der Waals surface area contributed by atoms with E-state index in [-0.39, 0.29) is 17.9 Å². The van der Waals surface area contributed by atoms with Crippen molar-refractivity contribution in [2.24, 2.45) is 16.7 Å². The Balaban J connectivity index is 2.00. The Bertz CT molecular complexity index is 889. The SMILES string of the molecule is COC(=O)[C@@H]1[C@H](c2ccccc2)[C@@]2(c3ccccc3)C(C)(C)[C@]12C(=O)OC. The molecule has 4 atom stereocenters. The van der Waals surface area contributed by atoms with Crippen molar-refractivity contribution >= 4 is 11.9 Å². The van der Waals surface area contributed by atoms with Crippen LogP contribution < -0.4 is 0 Å². The number of hydrogen-bond donors (Lipinski definition) is 0. The van der Waals surface area contributed by atoms with Crippen molar-refractivity contribution in [2.75, 3.05) is 14.2 Å². The number of carbonyl (C=O) groups is 2. The van der Waals surface area contributed by atoms with Crippen molar-refractivity contribution in [3.05, 3.63) is 71.8 Å². The maximum atomic E-state index is 13.1. The first-order valence-corrected chi connectivity index (χ1v) is 9.19. The van der Waals surface area contributed by atoms with Crippen LogP contribution in [-0.2, 0) is 24.5 Å². The summed E-state index contributed by atoms with van der Waals surface area (Å²) in [5.74, 6) is -1.42. The van der Waals surface area contributed by atoms with Crippen molar-refractivity contribution in [3.8, 4) is 0 Å². The third-order valence-electron chi connectivity index (χ3n) is 7.15. The molecule has 2 aromatic rings. The van der Waals surface area contributed by atoms with Crippen LogP contribution in [0.5, 0.6) is 0 Å². The Morgan fingerprint density at radius 1 is 0.852 bits per heavy atom. The lowest BCUT2D eigenvalue weighted by molar-refractivity contribution is -0.170. The molecule has 2 aliphatic rings. The predicted molar refractivity (Wildman–Crippen MR) is 101 cm³/mol. The molecular weight excluding hydrogens is 340 g/mol. The van der Waals surface area contributed by atoms with Gasteiger partial charge < -0.3 is 9.47 Å². The highest BCUT2D eigenvalue weighted by atomic mass is 16.5. The fraction of sp³-hybridized carbons (Fsp3) is 0.391. The standard InChI is InChI=1S/C23H24O4/c1-21(2)22(16-13-9-6-10-14-16)17(15-11-7-5-8-12-15)18(19(24)26-3)23(21,22)20(25)27-4/h5-14,17-18H,1-4H3/t17-,18-,22-,23+/m0/s1. The van der Waals surface area contributed by atoms with E-state index < -0.39 is 22.2 Å². The first kappa shape index (κ1) is 17.8. The molecule has 0 N–H and O–H groups in total. The van der Waals surface area contributed by atoms with E-state index in [1.165, 1.54) is 14.2 Å². The molecule has 4 heteroatoms. The fourth-order valence-electron chi connectivity index (χ4n) is 6.33. The van der Waals surface area contributed by atoms with Crippen molar-refractivity contribution in [1.29, 1.82) is 0 Å². The fourth-order valence-corrected chi connectivity index (χ4v) is 6.33. The van der Waals surface area contributed by atoms with E-state index in [1.807, 2.05) is 48.5 Å². The van der Waals surface area contributed by atoms with Gasteiger partial charge in [0.15, 0.2) is 0 Å². The average Bonchev–Trinajstić information content (AvgIpc) is 3.06. The lowest BCUT2D eigenvalue weighted by atomic mass is 9.52. The zero-order chi connectivity index (χ0) is 19.4. The first-order valence-electron chi connectivity index (χ1n) is 9.19. The lowest BCUT2D eigenvalue weighted by Gasteiger charge is -2.48. The van der Waals surface area contributed by atoms with Crippen LogP contribution in [0.1, 0.15) is 30.9 Å². The number of methoxy groups -OCH3 is 2. The molecule has 140 valence electrons. The predicted octanol–water partition coefficient (Wildman–Crippen LogP) is 3.71. The van der Waals surface area contributed by atoms with E-state index in [0.29, 0.717) is 0 Å². The highest BCUT2D eigenvalue weighted by Gasteiger charge is 3.00. The molecule has 2 aromatic carbocycles. The van der Waals surface area contributed by atoms with Gasteiger partial charge in [-0.2, -0.15) is 0 Å². The molecule has 0 spiro atoms. The summed E-state index contributed by atoms with van der Waals surface area (Å²) in [5.41, 5.74) is 0.225. The Labute approximate surface area is 159 Å². The molecule has 0 saturated heterocycles. The molecule has 2 fully saturated rings. The minimum atomic E-state index is -0.927. The van der Waals surface area contributed by atoms with Gasteiger partial charge in [0.25, 0.3) is 0 Å². The summed E-state index contributed by atoms with van der Waals surface area (Å²) in [6.45, 7) is 4.13. The number of hydrogen-bond acceptors (Lipinski definition) is 4. The largest absolute Gasteiger partial charge is 0.469 e. The van der Waals surface area contributed by atoms with Gasteiger partial charge in [0.2, 0.25) is 0 Å². The number of ether oxygens (including phenoxy) is 2. The van der Waals surface area contributed by atoms with Gasteiger partial charge in [-0.15, -0.1) is 0 Å². The second-order valence-electron chi connectivity index (χ2n) is 7.99. The van der Waals surface area contributed by atoms with Crippen molar-refractivity contribution in [1.82, 2.24) is 0 Å². The Kier molecular flexibility index (Phi) is 3.74. The highest BCUT2D eigenvalue weighted by Crippen LogP contribution is 2.95. The smallest absolute Gasteiger partial charge is 0.314 e. The monoisotopic (exact) mass is 364 g/mol. The summed E-state index contributed by atoms with van der Waals surface area (Å²) in [6, 6.07) is 20.0. The molecule has 27 heavy (non-hydrogen) atoms. The summed E-state index contributed by atoms with van der Waals surface area (Å²) in [5, 5.41) is 0. The van der Waals surface area contributed by atoms with E-state index in [1.54, 1.807) is 0 Å². The van der Waals surface area contributed by atoms with Crippen LogP contribution >= 0.6 is 0 Å². The minimum absolute atomic E-state index is 0.150. The number of benzene rings is 2. The second kappa shape index (κ2) is 5.69. The summed E-state index contributed by atoms with van der Waals surface area (Å²) in [7, 11) is 2.78. The molecule has 4 rings (SSSR count). The van der Waals surface area contributed by atoms with Crippen LogP contribution in [0.3, 0.4) is 0 Å². The third kappa shape index (κ3) is 1.74. The van der Waals surface area contributed by atoms with Crippen molar-refractivity contribution in [3.63, 3.8) is 0 Å². The van der Waals surface area contributed by atoms with Gasteiger partial charge in [-0.3, -0.25) is 9.59 Å². The van der Waals surface area contributed by atoms with Crippen molar-refractivity contribution < 1.29 is 19.1 Å². The van der Waals surface area contributed by atoms with Crippen LogP contribution in [-0.4, -0.2) is 26.2 Å². The van der Waals surface area contributed by atoms with E-state index in [0.717, 1.165) is 11.1 Å². The minimum Gasteiger partial charge on any atom is -0.469 e. The first-order chi connectivity index (χ1) is 12.9. The maximum absolute atomic E-state index is 13.1. The van der Waals surface area contributed by atoms with Crippen molar-refractivity contribution in [2.45, 2.75) is 25.2 Å². The summed E-state index contributed by atoms with van der Waals surface area (Å²) >= 11 is 0. The van der Waals surface area contributed by atoms with Crippen LogP contribution in [0.4, 0.5) is 0 Å². The third-order valence-corrected chi connectivity index (χ3v) is 7.15. The average molecular weight is 364 g/mol. The van der Waals surface area contributed by atoms with Gasteiger partial charge in [-0.25, -0.2) is 0 Å². The molecule has 0 amide bonds. The second-order valence-corrected chi connectivity index (χ2v) is 7.99. The van der Waals surface area contributed by atoms with E-state index in [4.69, 9.17) is 9.47 Å². The van der Waals surface area contributed by atoms with Crippen LogP contribution in [0.2, 0.25) is 0 Å². The topological polar surface area (TPSA) is 52.6 Å². The van der Waals surface area contributed by atoms with Gasteiger partial charge in [0.05, 0.1) is 25.6 Å². The van der Waals surface area contributed by atoms with E-state index in [2.05, 4.69) is 26.0 Å². The lowest BCUT2D eigenvalue weighted by Crippen LogP contribution is -2.55. The molecule has 0 radical (unpaired) electrons. The van der Waals surface area contributed by atoms with Crippen LogP contribution in [0.15, 0.2) is 60.7 Å². The molecular formula is C23H24O4. The molecule has 4 nitrogen and oxygen atoms in total. The zero-order valence-corrected chi connectivity index (χ0v) is 16.1. The number of rotatable bonds is 4. The molecule has 0 bridgehead atoms. The van der Waals surface area contributed by atoms with Gasteiger partial charge in [0, 0.05) is 11.3 Å². The maximum Gasteiger partial charge on any atom is 0.314 e. The van der Waals surface area contributed by atoms with Gasteiger partial charge >= 0.3 is 11.9 Å². The van der Waals surface area contributed by atoms with Crippen LogP contribution in [0.25, 0.3) is 0 Å². The van der Waals surface area contributed by atoms with Crippen LogP contribution in [0, 0.1) is 16.7 Å². The van der Waals surface area contributed by atoms with E-state index in [9.17, 15) is 9.59 Å². The number of esters is 2.